The molecule has 0 bridgehead atoms. The highest BCUT2D eigenvalue weighted by atomic mass is 16.5. The van der Waals surface area contributed by atoms with Crippen molar-refractivity contribution in [2.45, 2.75) is 44.4 Å². The first-order valence-electron chi connectivity index (χ1n) is 8.76. The number of morpholine rings is 1. The van der Waals surface area contributed by atoms with E-state index in [-0.39, 0.29) is 18.1 Å². The van der Waals surface area contributed by atoms with E-state index in [0.717, 1.165) is 18.4 Å². The first-order chi connectivity index (χ1) is 11.7. The number of amides is 1. The topological polar surface area (TPSA) is 56.6 Å². The van der Waals surface area contributed by atoms with E-state index < -0.39 is 0 Å². The van der Waals surface area contributed by atoms with Gasteiger partial charge in [-0.3, -0.25) is 9.69 Å². The molecule has 1 aliphatic heterocycles. The Labute approximate surface area is 143 Å². The fourth-order valence-electron chi connectivity index (χ4n) is 3.83. The Hall–Kier alpha value is -1.90. The molecule has 0 aromatic heterocycles. The summed E-state index contributed by atoms with van der Waals surface area (Å²) in [5.41, 5.74) is 1.72. The van der Waals surface area contributed by atoms with E-state index in [2.05, 4.69) is 6.07 Å². The summed E-state index contributed by atoms with van der Waals surface area (Å²) in [6.45, 7) is 2.43. The van der Waals surface area contributed by atoms with Gasteiger partial charge in [-0.2, -0.15) is 5.26 Å². The molecule has 1 aliphatic carbocycles. The maximum atomic E-state index is 12.8. The van der Waals surface area contributed by atoms with Crippen molar-refractivity contribution in [1.29, 1.82) is 5.26 Å². The van der Waals surface area contributed by atoms with Crippen LogP contribution in [0.15, 0.2) is 24.3 Å². The van der Waals surface area contributed by atoms with E-state index in [4.69, 9.17) is 10.00 Å². The lowest BCUT2D eigenvalue weighted by Crippen LogP contribution is -2.56. The van der Waals surface area contributed by atoms with E-state index in [1.54, 1.807) is 6.07 Å². The van der Waals surface area contributed by atoms with Crippen LogP contribution in [0.4, 0.5) is 0 Å². The lowest BCUT2D eigenvalue weighted by Gasteiger charge is -2.44. The van der Waals surface area contributed by atoms with Crippen LogP contribution in [0.1, 0.15) is 36.8 Å². The molecule has 3 rings (SSSR count). The number of hydrogen-bond donors (Lipinski definition) is 0. The van der Waals surface area contributed by atoms with Crippen LogP contribution in [0, 0.1) is 11.3 Å². The first kappa shape index (κ1) is 16.9. The molecule has 1 aromatic carbocycles. The Morgan fingerprint density at radius 1 is 1.42 bits per heavy atom. The smallest absolute Gasteiger partial charge is 0.237 e. The van der Waals surface area contributed by atoms with Crippen molar-refractivity contribution in [1.82, 2.24) is 9.80 Å². The van der Waals surface area contributed by atoms with E-state index in [1.807, 2.05) is 35.0 Å². The average molecular weight is 327 g/mol. The van der Waals surface area contributed by atoms with Gasteiger partial charge in [0.05, 0.1) is 36.9 Å². The van der Waals surface area contributed by atoms with Crippen molar-refractivity contribution in [2.24, 2.45) is 0 Å². The molecule has 1 heterocycles. The van der Waals surface area contributed by atoms with Gasteiger partial charge in [0.25, 0.3) is 0 Å². The van der Waals surface area contributed by atoms with Crippen molar-refractivity contribution >= 4 is 5.91 Å². The minimum absolute atomic E-state index is 0.189. The second-order valence-corrected chi connectivity index (χ2v) is 6.83. The first-order valence-corrected chi connectivity index (χ1v) is 8.76. The zero-order chi connectivity index (χ0) is 16.9. The number of nitriles is 1. The van der Waals surface area contributed by atoms with Gasteiger partial charge in [-0.1, -0.05) is 25.0 Å². The van der Waals surface area contributed by atoms with Gasteiger partial charge in [-0.05, 0) is 37.6 Å². The van der Waals surface area contributed by atoms with Crippen molar-refractivity contribution in [2.75, 3.05) is 26.7 Å². The van der Waals surface area contributed by atoms with Crippen molar-refractivity contribution in [3.8, 4) is 6.07 Å². The molecule has 0 unspecified atom stereocenters. The van der Waals surface area contributed by atoms with Crippen molar-refractivity contribution in [3.63, 3.8) is 0 Å². The third kappa shape index (κ3) is 3.95. The van der Waals surface area contributed by atoms with E-state index in [1.165, 1.54) is 12.8 Å². The number of carbonyl (C=O) groups is 1. The Kier molecular flexibility index (Phi) is 5.49. The number of nitrogens with zero attached hydrogens (tertiary/aromatic N) is 3. The zero-order valence-electron chi connectivity index (χ0n) is 14.3. The van der Waals surface area contributed by atoms with Crippen LogP contribution < -0.4 is 0 Å². The second-order valence-electron chi connectivity index (χ2n) is 6.83. The van der Waals surface area contributed by atoms with Gasteiger partial charge < -0.3 is 9.64 Å². The molecule has 128 valence electrons. The molecule has 1 aromatic rings. The molecule has 2 fully saturated rings. The van der Waals surface area contributed by atoms with E-state index in [9.17, 15) is 4.79 Å². The van der Waals surface area contributed by atoms with Crippen molar-refractivity contribution in [3.05, 3.63) is 35.4 Å². The van der Waals surface area contributed by atoms with Gasteiger partial charge in [0.2, 0.25) is 5.91 Å². The Morgan fingerprint density at radius 3 is 3.08 bits per heavy atom. The SMILES string of the molecule is CN(CC(=O)N1CCO[C@H]2CCCC[C@H]21)Cc1cccc(C#N)c1. The highest BCUT2D eigenvalue weighted by Gasteiger charge is 2.36. The molecule has 1 saturated heterocycles. The van der Waals surface area contributed by atoms with Gasteiger partial charge in [-0.25, -0.2) is 0 Å². The number of rotatable bonds is 4. The van der Waals surface area contributed by atoms with Gasteiger partial charge in [-0.15, -0.1) is 0 Å². The molecule has 24 heavy (non-hydrogen) atoms. The summed E-state index contributed by atoms with van der Waals surface area (Å²) < 4.78 is 5.85. The fraction of sp³-hybridized carbons (Fsp3) is 0.579. The third-order valence-electron chi connectivity index (χ3n) is 4.97. The van der Waals surface area contributed by atoms with Crippen molar-refractivity contribution < 1.29 is 9.53 Å². The van der Waals surface area contributed by atoms with Crippen LogP contribution in [-0.2, 0) is 16.1 Å². The predicted molar refractivity (Wildman–Crippen MR) is 91.2 cm³/mol. The fourth-order valence-corrected chi connectivity index (χ4v) is 3.83. The average Bonchev–Trinajstić information content (AvgIpc) is 2.61. The quantitative estimate of drug-likeness (QED) is 0.850. The number of carbonyl (C=O) groups excluding carboxylic acids is 1. The van der Waals surface area contributed by atoms with Crippen LogP contribution >= 0.6 is 0 Å². The summed E-state index contributed by atoms with van der Waals surface area (Å²) in [6.07, 6.45) is 4.76. The maximum Gasteiger partial charge on any atom is 0.237 e. The Morgan fingerprint density at radius 2 is 2.25 bits per heavy atom. The maximum absolute atomic E-state index is 12.8. The molecular weight excluding hydrogens is 302 g/mol. The summed E-state index contributed by atoms with van der Waals surface area (Å²) in [5, 5.41) is 8.99. The molecule has 0 N–H and O–H groups in total. The molecule has 5 nitrogen and oxygen atoms in total. The monoisotopic (exact) mass is 327 g/mol. The molecular formula is C19H25N3O2. The normalized spacial score (nSPS) is 23.6. The minimum atomic E-state index is 0.189. The lowest BCUT2D eigenvalue weighted by atomic mass is 9.90. The largest absolute Gasteiger partial charge is 0.374 e. The summed E-state index contributed by atoms with van der Waals surface area (Å²) in [6, 6.07) is 9.98. The third-order valence-corrected chi connectivity index (χ3v) is 4.97. The zero-order valence-corrected chi connectivity index (χ0v) is 14.3. The molecule has 5 heteroatoms. The number of hydrogen-bond acceptors (Lipinski definition) is 4. The van der Waals surface area contributed by atoms with Crippen LogP contribution in [-0.4, -0.2) is 54.6 Å². The molecule has 2 aliphatic rings. The Bertz CT molecular complexity index is 623. The Balaban J connectivity index is 1.58. The van der Waals surface area contributed by atoms with E-state index >= 15 is 0 Å². The van der Waals surface area contributed by atoms with Crippen LogP contribution in [0.2, 0.25) is 0 Å². The van der Waals surface area contributed by atoms with Crippen LogP contribution in [0.25, 0.3) is 0 Å². The molecule has 2 atom stereocenters. The van der Waals surface area contributed by atoms with Gasteiger partial charge in [0.1, 0.15) is 0 Å². The summed E-state index contributed by atoms with van der Waals surface area (Å²) in [7, 11) is 1.95. The van der Waals surface area contributed by atoms with Gasteiger partial charge in [0.15, 0.2) is 0 Å². The van der Waals surface area contributed by atoms with Crippen LogP contribution in [0.5, 0.6) is 0 Å². The number of likely N-dealkylation sites (N-methyl/N-ethyl adjacent to an activating group) is 1. The highest BCUT2D eigenvalue weighted by molar-refractivity contribution is 5.78. The van der Waals surface area contributed by atoms with Crippen LogP contribution in [0.3, 0.4) is 0 Å². The summed E-state index contributed by atoms with van der Waals surface area (Å²) in [4.78, 5) is 16.8. The number of fused-ring (bicyclic) bond motifs is 1. The molecule has 0 spiro atoms. The number of benzene rings is 1. The van der Waals surface area contributed by atoms with Gasteiger partial charge >= 0.3 is 0 Å². The molecule has 1 saturated carbocycles. The second kappa shape index (κ2) is 7.78. The summed E-state index contributed by atoms with van der Waals surface area (Å²) >= 11 is 0. The number of ether oxygens (including phenoxy) is 1. The molecule has 1 amide bonds. The minimum Gasteiger partial charge on any atom is -0.374 e. The molecule has 0 radical (unpaired) electrons. The van der Waals surface area contributed by atoms with E-state index in [0.29, 0.717) is 31.8 Å². The lowest BCUT2D eigenvalue weighted by molar-refractivity contribution is -0.150. The van der Waals surface area contributed by atoms with Gasteiger partial charge in [0, 0.05) is 13.1 Å². The standard InChI is InChI=1S/C19H25N3O2/c1-21(13-16-6-4-5-15(11-16)12-20)14-19(23)22-9-10-24-18-8-3-2-7-17(18)22/h4-6,11,17-18H,2-3,7-10,13-14H2,1H3/t17-,18+/m1/s1. The highest BCUT2D eigenvalue weighted by Crippen LogP contribution is 2.28. The predicted octanol–water partition coefficient (Wildman–Crippen LogP) is 2.16. The summed E-state index contributed by atoms with van der Waals surface area (Å²) in [5.74, 6) is 0.189.